The predicted molar refractivity (Wildman–Crippen MR) is 94.0 cm³/mol. The van der Waals surface area contributed by atoms with Gasteiger partial charge in [-0.3, -0.25) is 4.79 Å². The van der Waals surface area contributed by atoms with Crippen molar-refractivity contribution in [2.75, 3.05) is 0 Å². The number of amides is 1. The summed E-state index contributed by atoms with van der Waals surface area (Å²) in [7, 11) is 6.17. The van der Waals surface area contributed by atoms with E-state index in [1.54, 1.807) is 0 Å². The largest absolute Gasteiger partial charge is 0.337 e. The van der Waals surface area contributed by atoms with Crippen molar-refractivity contribution in [3.63, 3.8) is 0 Å². The third-order valence-electron chi connectivity index (χ3n) is 5.65. The monoisotopic (exact) mass is 303 g/mol. The van der Waals surface area contributed by atoms with Crippen LogP contribution in [0.25, 0.3) is 0 Å². The minimum Gasteiger partial charge on any atom is -0.337 e. The number of nitrogens with zero attached hydrogens (tertiary/aromatic N) is 1. The number of hydrogen-bond acceptors (Lipinski definition) is 1. The molecule has 2 aliphatic rings. The second-order valence-electron chi connectivity index (χ2n) is 8.35. The summed E-state index contributed by atoms with van der Waals surface area (Å²) in [5.74, 6) is 2.29. The van der Waals surface area contributed by atoms with E-state index in [2.05, 4.69) is 32.6 Å². The molecule has 0 N–H and O–H groups in total. The third-order valence-corrected chi connectivity index (χ3v) is 5.65. The Hall–Kier alpha value is -0.465. The molecule has 0 aromatic heterocycles. The van der Waals surface area contributed by atoms with E-state index in [0.717, 1.165) is 32.1 Å². The molecule has 1 aliphatic carbocycles. The van der Waals surface area contributed by atoms with Crippen molar-refractivity contribution in [2.24, 2.45) is 17.8 Å². The van der Waals surface area contributed by atoms with E-state index in [0.29, 0.717) is 35.6 Å². The standard InChI is InChI=1S/C19H34BNO/c1-13(2)11-17-12-15-7-5-8-16(20)9-6-10-18(15)19(22)21(17)14(3)4/h13-18H,5-12H2,1-4H3. The lowest BCUT2D eigenvalue weighted by atomic mass is 9.74. The zero-order chi connectivity index (χ0) is 16.3. The van der Waals surface area contributed by atoms with Crippen molar-refractivity contribution < 1.29 is 4.79 Å². The topological polar surface area (TPSA) is 20.3 Å². The number of fused-ring (bicyclic) bond motifs is 1. The maximum atomic E-state index is 13.1. The van der Waals surface area contributed by atoms with Crippen LogP contribution in [0.1, 0.15) is 79.1 Å². The van der Waals surface area contributed by atoms with Crippen LogP contribution in [0.4, 0.5) is 0 Å². The zero-order valence-electron chi connectivity index (χ0n) is 15.1. The minimum atomic E-state index is 0.260. The molecule has 0 aromatic carbocycles. The van der Waals surface area contributed by atoms with Gasteiger partial charge in [-0.15, -0.1) is 0 Å². The van der Waals surface area contributed by atoms with Gasteiger partial charge in [0.2, 0.25) is 5.91 Å². The van der Waals surface area contributed by atoms with Gasteiger partial charge in [0.15, 0.2) is 0 Å². The maximum Gasteiger partial charge on any atom is 0.226 e. The van der Waals surface area contributed by atoms with Crippen molar-refractivity contribution in [2.45, 2.75) is 97.0 Å². The van der Waals surface area contributed by atoms with Crippen LogP contribution in [0.15, 0.2) is 0 Å². The Bertz CT molecular complexity index is 368. The molecule has 2 radical (unpaired) electrons. The highest BCUT2D eigenvalue weighted by Crippen LogP contribution is 2.40. The molecular weight excluding hydrogens is 269 g/mol. The summed E-state index contributed by atoms with van der Waals surface area (Å²) in [6, 6.07) is 0.773. The van der Waals surface area contributed by atoms with Crippen LogP contribution in [0.3, 0.4) is 0 Å². The van der Waals surface area contributed by atoms with Crippen molar-refractivity contribution >= 4 is 13.8 Å². The van der Waals surface area contributed by atoms with E-state index >= 15 is 0 Å². The van der Waals surface area contributed by atoms with Crippen LogP contribution in [0.5, 0.6) is 0 Å². The Morgan fingerprint density at radius 2 is 1.73 bits per heavy atom. The Morgan fingerprint density at radius 1 is 1.09 bits per heavy atom. The van der Waals surface area contributed by atoms with E-state index in [4.69, 9.17) is 7.85 Å². The fourth-order valence-electron chi connectivity index (χ4n) is 4.70. The van der Waals surface area contributed by atoms with Gasteiger partial charge in [-0.2, -0.15) is 0 Å². The number of carbonyl (C=O) groups excluding carboxylic acids is 1. The van der Waals surface area contributed by atoms with Gasteiger partial charge in [-0.1, -0.05) is 45.3 Å². The van der Waals surface area contributed by atoms with Crippen LogP contribution >= 0.6 is 0 Å². The second kappa shape index (κ2) is 7.88. The first-order valence-corrected chi connectivity index (χ1v) is 9.47. The van der Waals surface area contributed by atoms with Crippen LogP contribution < -0.4 is 0 Å². The van der Waals surface area contributed by atoms with Gasteiger partial charge >= 0.3 is 0 Å². The van der Waals surface area contributed by atoms with Gasteiger partial charge in [-0.05, 0) is 51.4 Å². The molecule has 1 aliphatic heterocycles. The summed E-state index contributed by atoms with van der Waals surface area (Å²) >= 11 is 0. The summed E-state index contributed by atoms with van der Waals surface area (Å²) in [5, 5.41) is 0. The smallest absolute Gasteiger partial charge is 0.226 e. The van der Waals surface area contributed by atoms with Crippen molar-refractivity contribution in [1.82, 2.24) is 4.90 Å². The molecule has 2 rings (SSSR count). The van der Waals surface area contributed by atoms with Crippen LogP contribution in [-0.4, -0.2) is 30.7 Å². The molecule has 2 nitrogen and oxygen atoms in total. The maximum absolute atomic E-state index is 13.1. The molecule has 0 spiro atoms. The molecule has 0 bridgehead atoms. The summed E-state index contributed by atoms with van der Waals surface area (Å²) < 4.78 is 0. The Morgan fingerprint density at radius 3 is 2.32 bits per heavy atom. The number of rotatable bonds is 3. The normalized spacial score (nSPS) is 34.3. The SMILES string of the molecule is [B]C1CCCC2CC(CC(C)C)N(C(C)C)C(=O)C2CCC1. The van der Waals surface area contributed by atoms with Gasteiger partial charge < -0.3 is 4.90 Å². The summed E-state index contributed by atoms with van der Waals surface area (Å²) in [6.07, 6.45) is 9.16. The highest BCUT2D eigenvalue weighted by Gasteiger charge is 2.42. The average Bonchev–Trinajstić information content (AvgIpc) is 2.48. The summed E-state index contributed by atoms with van der Waals surface area (Å²) in [6.45, 7) is 8.90. The summed E-state index contributed by atoms with van der Waals surface area (Å²) in [5.41, 5.74) is 0. The first kappa shape index (κ1) is 17.9. The van der Waals surface area contributed by atoms with Gasteiger partial charge in [0.25, 0.3) is 0 Å². The molecule has 4 atom stereocenters. The number of piperidine rings is 1. The molecule has 124 valence electrons. The molecule has 0 aromatic rings. The van der Waals surface area contributed by atoms with E-state index in [9.17, 15) is 4.79 Å². The molecule has 1 amide bonds. The highest BCUT2D eigenvalue weighted by molar-refractivity contribution is 6.11. The molecule has 2 fully saturated rings. The van der Waals surface area contributed by atoms with E-state index in [1.807, 2.05) is 0 Å². The third kappa shape index (κ3) is 4.29. The van der Waals surface area contributed by atoms with E-state index in [-0.39, 0.29) is 5.92 Å². The summed E-state index contributed by atoms with van der Waals surface area (Å²) in [4.78, 5) is 15.4. The zero-order valence-corrected chi connectivity index (χ0v) is 15.1. The fourth-order valence-corrected chi connectivity index (χ4v) is 4.70. The molecule has 1 saturated heterocycles. The van der Waals surface area contributed by atoms with Gasteiger partial charge in [0.1, 0.15) is 0 Å². The van der Waals surface area contributed by atoms with Crippen LogP contribution in [-0.2, 0) is 4.79 Å². The lowest BCUT2D eigenvalue weighted by Gasteiger charge is -2.46. The quantitative estimate of drug-likeness (QED) is 0.699. The number of carbonyl (C=O) groups is 1. The second-order valence-corrected chi connectivity index (χ2v) is 8.35. The molecule has 4 unspecified atom stereocenters. The molecular formula is C19H34BNO. The minimum absolute atomic E-state index is 0.260. The Balaban J connectivity index is 2.16. The highest BCUT2D eigenvalue weighted by atomic mass is 16.2. The van der Waals surface area contributed by atoms with Crippen molar-refractivity contribution in [1.29, 1.82) is 0 Å². The molecule has 1 saturated carbocycles. The number of hydrogen-bond donors (Lipinski definition) is 0. The fraction of sp³-hybridized carbons (Fsp3) is 0.947. The van der Waals surface area contributed by atoms with Gasteiger partial charge in [0.05, 0.1) is 7.85 Å². The van der Waals surface area contributed by atoms with Crippen LogP contribution in [0, 0.1) is 17.8 Å². The Labute approximate surface area is 138 Å². The lowest BCUT2D eigenvalue weighted by Crippen LogP contribution is -2.54. The lowest BCUT2D eigenvalue weighted by molar-refractivity contribution is -0.149. The number of likely N-dealkylation sites (tertiary alicyclic amines) is 1. The molecule has 22 heavy (non-hydrogen) atoms. The first-order chi connectivity index (χ1) is 10.4. The molecule has 3 heteroatoms. The van der Waals surface area contributed by atoms with E-state index in [1.165, 1.54) is 19.3 Å². The molecule has 1 heterocycles. The van der Waals surface area contributed by atoms with Crippen LogP contribution in [0.2, 0.25) is 5.82 Å². The Kier molecular flexibility index (Phi) is 6.41. The van der Waals surface area contributed by atoms with Crippen molar-refractivity contribution in [3.05, 3.63) is 0 Å². The van der Waals surface area contributed by atoms with Crippen molar-refractivity contribution in [3.8, 4) is 0 Å². The predicted octanol–water partition coefficient (Wildman–Crippen LogP) is 4.59. The van der Waals surface area contributed by atoms with E-state index < -0.39 is 0 Å². The van der Waals surface area contributed by atoms with Gasteiger partial charge in [-0.25, -0.2) is 0 Å². The van der Waals surface area contributed by atoms with Gasteiger partial charge in [0, 0.05) is 18.0 Å². The first-order valence-electron chi connectivity index (χ1n) is 9.47. The average molecular weight is 303 g/mol.